The highest BCUT2D eigenvalue weighted by Gasteiger charge is 2.34. The molecule has 1 aromatic heterocycles. The number of furan rings is 1. The number of carbonyl (C=O) groups excluding carboxylic acids is 1. The number of hydrogen-bond acceptors (Lipinski definition) is 6. The van der Waals surface area contributed by atoms with Crippen molar-refractivity contribution >= 4 is 33.1 Å². The van der Waals surface area contributed by atoms with Gasteiger partial charge in [-0.2, -0.15) is 0 Å². The van der Waals surface area contributed by atoms with Crippen LogP contribution in [0.4, 0.5) is 0 Å². The molecule has 1 N–H and O–H groups in total. The molecule has 0 radical (unpaired) electrons. The van der Waals surface area contributed by atoms with E-state index in [2.05, 4.69) is 10.2 Å². The van der Waals surface area contributed by atoms with Crippen LogP contribution in [0, 0.1) is 0 Å². The second-order valence-electron chi connectivity index (χ2n) is 7.18. The van der Waals surface area contributed by atoms with E-state index in [4.69, 9.17) is 9.15 Å². The molecule has 7 nitrogen and oxygen atoms in total. The van der Waals surface area contributed by atoms with Crippen LogP contribution in [0.1, 0.15) is 30.2 Å². The molecule has 9 heteroatoms. The van der Waals surface area contributed by atoms with Gasteiger partial charge in [0.25, 0.3) is 5.91 Å². The van der Waals surface area contributed by atoms with Crippen LogP contribution >= 0.6 is 12.4 Å². The van der Waals surface area contributed by atoms with Crippen LogP contribution in [0.25, 0.3) is 4.91 Å². The third-order valence-electron chi connectivity index (χ3n) is 5.27. The van der Waals surface area contributed by atoms with Crippen molar-refractivity contribution in [2.75, 3.05) is 32.0 Å². The zero-order valence-corrected chi connectivity index (χ0v) is 18.1. The van der Waals surface area contributed by atoms with Gasteiger partial charge < -0.3 is 14.5 Å². The molecule has 3 heterocycles. The predicted molar refractivity (Wildman–Crippen MR) is 116 cm³/mol. The maximum absolute atomic E-state index is 13.0. The molecule has 1 fully saturated rings. The lowest BCUT2D eigenvalue weighted by Gasteiger charge is -2.27. The van der Waals surface area contributed by atoms with Crippen LogP contribution in [-0.2, 0) is 19.4 Å². The minimum Gasteiger partial charge on any atom is -0.486 e. The quantitative estimate of drug-likeness (QED) is 0.725. The largest absolute Gasteiger partial charge is 0.486 e. The second-order valence-corrected chi connectivity index (χ2v) is 9.22. The Morgan fingerprint density at radius 1 is 1.10 bits per heavy atom. The van der Waals surface area contributed by atoms with E-state index in [-0.39, 0.29) is 41.5 Å². The summed E-state index contributed by atoms with van der Waals surface area (Å²) in [4.78, 5) is 15.2. The van der Waals surface area contributed by atoms with Crippen LogP contribution in [0.5, 0.6) is 0 Å². The molecule has 0 saturated carbocycles. The van der Waals surface area contributed by atoms with Gasteiger partial charge in [-0.05, 0) is 43.6 Å². The minimum absolute atomic E-state index is 0. The van der Waals surface area contributed by atoms with Gasteiger partial charge in [-0.3, -0.25) is 9.69 Å². The molecule has 1 saturated heterocycles. The van der Waals surface area contributed by atoms with Gasteiger partial charge in [-0.15, -0.1) is 12.4 Å². The number of halogens is 1. The highest BCUT2D eigenvalue weighted by atomic mass is 35.5. The van der Waals surface area contributed by atoms with Crippen LogP contribution in [0.15, 0.2) is 58.9 Å². The lowest BCUT2D eigenvalue weighted by molar-refractivity contribution is -0.121. The first-order valence-corrected chi connectivity index (χ1v) is 11.4. The fraction of sp³-hybridized carbons (Fsp3) is 0.381. The summed E-state index contributed by atoms with van der Waals surface area (Å²) in [5.41, 5.74) is 0.458. The van der Waals surface area contributed by atoms with Crippen molar-refractivity contribution in [2.24, 2.45) is 0 Å². The Hall–Kier alpha value is -2.29. The van der Waals surface area contributed by atoms with Crippen molar-refractivity contribution in [1.82, 2.24) is 10.2 Å². The number of carbonyl (C=O) groups is 1. The summed E-state index contributed by atoms with van der Waals surface area (Å²) in [5, 5.41) is 2.87. The number of benzene rings is 1. The van der Waals surface area contributed by atoms with Crippen molar-refractivity contribution < 1.29 is 22.4 Å². The maximum atomic E-state index is 13.0. The highest BCUT2D eigenvalue weighted by molar-refractivity contribution is 8.00. The van der Waals surface area contributed by atoms with Crippen molar-refractivity contribution in [3.63, 3.8) is 0 Å². The fourth-order valence-corrected chi connectivity index (χ4v) is 5.28. The molecule has 30 heavy (non-hydrogen) atoms. The fourth-order valence-electron chi connectivity index (χ4n) is 3.84. The SMILES string of the molecule is Cl.O=C(NCC(c1ccco1)N1CCCC1)C1=C(c2ccccc2)S(=O)(=O)CCO1. The summed E-state index contributed by atoms with van der Waals surface area (Å²) in [5.74, 6) is -0.0248. The monoisotopic (exact) mass is 452 g/mol. The van der Waals surface area contributed by atoms with Gasteiger partial charge in [-0.25, -0.2) is 8.42 Å². The van der Waals surface area contributed by atoms with Gasteiger partial charge in [0.05, 0.1) is 18.1 Å². The van der Waals surface area contributed by atoms with Gasteiger partial charge in [-0.1, -0.05) is 30.3 Å². The molecular formula is C21H25ClN2O5S. The average Bonchev–Trinajstić information content (AvgIpc) is 3.42. The lowest BCUT2D eigenvalue weighted by atomic mass is 10.1. The number of rotatable bonds is 6. The smallest absolute Gasteiger partial charge is 0.287 e. The van der Waals surface area contributed by atoms with Gasteiger partial charge in [0, 0.05) is 6.54 Å². The van der Waals surface area contributed by atoms with E-state index < -0.39 is 15.7 Å². The van der Waals surface area contributed by atoms with Gasteiger partial charge >= 0.3 is 0 Å². The van der Waals surface area contributed by atoms with E-state index in [0.29, 0.717) is 12.1 Å². The predicted octanol–water partition coefficient (Wildman–Crippen LogP) is 2.77. The van der Waals surface area contributed by atoms with Crippen molar-refractivity contribution in [3.8, 4) is 0 Å². The van der Waals surface area contributed by atoms with Gasteiger partial charge in [0.2, 0.25) is 5.76 Å². The van der Waals surface area contributed by atoms with Crippen LogP contribution < -0.4 is 5.32 Å². The zero-order chi connectivity index (χ0) is 20.3. The summed E-state index contributed by atoms with van der Waals surface area (Å²) in [6.45, 7) is 2.14. The van der Waals surface area contributed by atoms with Crippen LogP contribution in [-0.4, -0.2) is 51.2 Å². The average molecular weight is 453 g/mol. The molecule has 2 aromatic rings. The normalized spacial score (nSPS) is 19.6. The summed E-state index contributed by atoms with van der Waals surface area (Å²) < 4.78 is 36.5. The number of sulfone groups is 1. The number of likely N-dealkylation sites (tertiary alicyclic amines) is 1. The zero-order valence-electron chi connectivity index (χ0n) is 16.5. The standard InChI is InChI=1S/C21H24N2O5S.ClH/c24-21(22-15-17(18-9-6-12-27-18)23-10-4-5-11-23)19-20(16-7-2-1-3-8-16)29(25,26)14-13-28-19;/h1-3,6-9,12,17H,4-5,10-11,13-15H2,(H,22,24);1H. The molecule has 1 aromatic carbocycles. The molecular weight excluding hydrogens is 428 g/mol. The Labute approximate surface area is 182 Å². The van der Waals surface area contributed by atoms with E-state index in [1.807, 2.05) is 12.1 Å². The number of ether oxygens (including phenoxy) is 1. The van der Waals surface area contributed by atoms with E-state index in [0.717, 1.165) is 31.7 Å². The highest BCUT2D eigenvalue weighted by Crippen LogP contribution is 2.30. The van der Waals surface area contributed by atoms with E-state index >= 15 is 0 Å². The summed E-state index contributed by atoms with van der Waals surface area (Å²) in [6, 6.07) is 12.2. The van der Waals surface area contributed by atoms with E-state index in [9.17, 15) is 13.2 Å². The first-order chi connectivity index (χ1) is 14.1. The van der Waals surface area contributed by atoms with Crippen molar-refractivity contribution in [3.05, 3.63) is 65.8 Å². The van der Waals surface area contributed by atoms with Crippen LogP contribution in [0.3, 0.4) is 0 Å². The molecule has 0 aliphatic carbocycles. The Kier molecular flexibility index (Phi) is 7.23. The third-order valence-corrected chi connectivity index (χ3v) is 7.01. The van der Waals surface area contributed by atoms with Crippen LogP contribution in [0.2, 0.25) is 0 Å². The number of hydrogen-bond donors (Lipinski definition) is 1. The summed E-state index contributed by atoms with van der Waals surface area (Å²) >= 11 is 0. The summed E-state index contributed by atoms with van der Waals surface area (Å²) in [7, 11) is -3.60. The molecule has 0 spiro atoms. The Bertz CT molecular complexity index is 984. The molecule has 2 aliphatic rings. The number of nitrogens with zero attached hydrogens (tertiary/aromatic N) is 1. The van der Waals surface area contributed by atoms with E-state index in [1.165, 1.54) is 0 Å². The Morgan fingerprint density at radius 3 is 2.50 bits per heavy atom. The minimum atomic E-state index is -3.60. The first-order valence-electron chi connectivity index (χ1n) is 9.77. The molecule has 162 valence electrons. The Balaban J connectivity index is 0.00000256. The molecule has 0 bridgehead atoms. The molecule has 1 atom stereocenters. The third kappa shape index (κ3) is 4.71. The lowest BCUT2D eigenvalue weighted by Crippen LogP contribution is -2.39. The maximum Gasteiger partial charge on any atom is 0.287 e. The van der Waals surface area contributed by atoms with E-state index in [1.54, 1.807) is 36.6 Å². The molecule has 2 aliphatic heterocycles. The molecule has 1 unspecified atom stereocenters. The Morgan fingerprint density at radius 2 is 1.83 bits per heavy atom. The van der Waals surface area contributed by atoms with Gasteiger partial charge in [0.15, 0.2) is 9.84 Å². The second kappa shape index (κ2) is 9.68. The topological polar surface area (TPSA) is 88.9 Å². The van der Waals surface area contributed by atoms with Gasteiger partial charge in [0.1, 0.15) is 17.3 Å². The van der Waals surface area contributed by atoms with Crippen molar-refractivity contribution in [1.29, 1.82) is 0 Å². The molecule has 1 amide bonds. The van der Waals surface area contributed by atoms with Crippen molar-refractivity contribution in [2.45, 2.75) is 18.9 Å². The number of nitrogens with one attached hydrogen (secondary N) is 1. The number of amides is 1. The molecule has 4 rings (SSSR count). The summed E-state index contributed by atoms with van der Waals surface area (Å²) in [6.07, 6.45) is 3.83. The first kappa shape index (κ1) is 22.4.